The van der Waals surface area contributed by atoms with Gasteiger partial charge in [-0.2, -0.15) is 0 Å². The van der Waals surface area contributed by atoms with Crippen LogP contribution in [0.5, 0.6) is 17.4 Å². The molecule has 1 aromatic heterocycles. The summed E-state index contributed by atoms with van der Waals surface area (Å²) in [5.74, 6) is 0.820. The Morgan fingerprint density at radius 2 is 1.88 bits per heavy atom. The monoisotopic (exact) mass is 466 g/mol. The van der Waals surface area contributed by atoms with Crippen molar-refractivity contribution in [3.63, 3.8) is 0 Å². The first-order chi connectivity index (χ1) is 16.1. The topological polar surface area (TPSA) is 110 Å². The van der Waals surface area contributed by atoms with Crippen molar-refractivity contribution in [2.75, 3.05) is 19.0 Å². The molecule has 1 aliphatic heterocycles. The molecule has 2 heterocycles. The lowest BCUT2D eigenvalue weighted by Crippen LogP contribution is -2.54. The van der Waals surface area contributed by atoms with Crippen LogP contribution in [-0.2, 0) is 9.59 Å². The van der Waals surface area contributed by atoms with Gasteiger partial charge in [0.25, 0.3) is 5.91 Å². The first kappa shape index (κ1) is 23.5. The van der Waals surface area contributed by atoms with Gasteiger partial charge < -0.3 is 20.1 Å². The fourth-order valence-corrected chi connectivity index (χ4v) is 5.31. The van der Waals surface area contributed by atoms with Gasteiger partial charge in [0.1, 0.15) is 29.3 Å². The van der Waals surface area contributed by atoms with E-state index in [0.29, 0.717) is 30.0 Å². The maximum absolute atomic E-state index is 13.3. The number of hydrogen-bond donors (Lipinski definition) is 2. The fourth-order valence-electron chi connectivity index (χ4n) is 5.31. The van der Waals surface area contributed by atoms with Gasteiger partial charge in [0.15, 0.2) is 0 Å². The maximum atomic E-state index is 13.3. The Balaban J connectivity index is 1.45. The Morgan fingerprint density at radius 3 is 2.56 bits per heavy atom. The van der Waals surface area contributed by atoms with Gasteiger partial charge in [0.2, 0.25) is 11.8 Å². The summed E-state index contributed by atoms with van der Waals surface area (Å²) in [6.07, 6.45) is 3.65. The second-order valence-electron chi connectivity index (χ2n) is 9.94. The van der Waals surface area contributed by atoms with Gasteiger partial charge in [0, 0.05) is 6.20 Å². The number of pyridine rings is 1. The number of amides is 4. The molecule has 1 saturated heterocycles. The van der Waals surface area contributed by atoms with Crippen molar-refractivity contribution >= 4 is 23.5 Å². The number of aromatic nitrogens is 1. The van der Waals surface area contributed by atoms with E-state index in [1.807, 2.05) is 0 Å². The maximum Gasteiger partial charge on any atom is 0.325 e. The lowest BCUT2D eigenvalue weighted by Gasteiger charge is -2.43. The highest BCUT2D eigenvalue weighted by Gasteiger charge is 2.56. The van der Waals surface area contributed by atoms with Gasteiger partial charge in [-0.3, -0.25) is 14.5 Å². The third kappa shape index (κ3) is 4.83. The Hall–Kier alpha value is -3.62. The molecule has 1 aliphatic carbocycles. The second-order valence-corrected chi connectivity index (χ2v) is 9.94. The van der Waals surface area contributed by atoms with E-state index in [9.17, 15) is 14.4 Å². The van der Waals surface area contributed by atoms with Crippen LogP contribution < -0.4 is 20.1 Å². The summed E-state index contributed by atoms with van der Waals surface area (Å²) < 4.78 is 10.9. The summed E-state index contributed by atoms with van der Waals surface area (Å²) >= 11 is 0. The number of anilines is 1. The zero-order valence-electron chi connectivity index (χ0n) is 19.9. The van der Waals surface area contributed by atoms with Crippen LogP contribution in [0.2, 0.25) is 0 Å². The number of carbonyl (C=O) groups is 3. The molecule has 34 heavy (non-hydrogen) atoms. The van der Waals surface area contributed by atoms with Crippen LogP contribution in [0.4, 0.5) is 10.5 Å². The molecule has 2 aromatic rings. The molecule has 9 nitrogen and oxygen atoms in total. The van der Waals surface area contributed by atoms with Gasteiger partial charge in [-0.15, -0.1) is 0 Å². The molecule has 1 aromatic carbocycles. The largest absolute Gasteiger partial charge is 0.497 e. The van der Waals surface area contributed by atoms with Crippen LogP contribution in [0.3, 0.4) is 0 Å². The Bertz CT molecular complexity index is 1100. The van der Waals surface area contributed by atoms with Gasteiger partial charge in [0.05, 0.1) is 7.11 Å². The van der Waals surface area contributed by atoms with Crippen molar-refractivity contribution < 1.29 is 23.9 Å². The van der Waals surface area contributed by atoms with E-state index in [1.54, 1.807) is 49.7 Å². The third-order valence-electron chi connectivity index (χ3n) is 6.25. The smallest absolute Gasteiger partial charge is 0.325 e. The molecule has 2 N–H and O–H groups in total. The number of rotatable bonds is 6. The molecule has 2 atom stereocenters. The average Bonchev–Trinajstić information content (AvgIpc) is 2.97. The van der Waals surface area contributed by atoms with Crippen molar-refractivity contribution in [1.29, 1.82) is 0 Å². The first-order valence-corrected chi connectivity index (χ1v) is 11.3. The summed E-state index contributed by atoms with van der Waals surface area (Å²) in [6, 6.07) is 9.70. The molecule has 2 unspecified atom stereocenters. The van der Waals surface area contributed by atoms with Crippen LogP contribution in [0, 0.1) is 11.3 Å². The van der Waals surface area contributed by atoms with Gasteiger partial charge in [-0.1, -0.05) is 20.8 Å². The van der Waals surface area contributed by atoms with Crippen molar-refractivity contribution in [3.8, 4) is 17.4 Å². The molecular weight excluding hydrogens is 436 g/mol. The van der Waals surface area contributed by atoms with E-state index in [1.165, 1.54) is 0 Å². The molecule has 0 radical (unpaired) electrons. The molecular formula is C25H30N4O5. The zero-order valence-corrected chi connectivity index (χ0v) is 19.9. The molecule has 180 valence electrons. The lowest BCUT2D eigenvalue weighted by molar-refractivity contribution is -0.136. The van der Waals surface area contributed by atoms with Crippen molar-refractivity contribution in [3.05, 3.63) is 42.6 Å². The lowest BCUT2D eigenvalue weighted by atomic mass is 9.64. The number of imide groups is 1. The minimum absolute atomic E-state index is 0.0811. The van der Waals surface area contributed by atoms with Crippen LogP contribution in [0.25, 0.3) is 0 Å². The first-order valence-electron chi connectivity index (χ1n) is 11.3. The number of methoxy groups -OCH3 is 1. The number of carbonyl (C=O) groups excluding carboxylic acids is 3. The van der Waals surface area contributed by atoms with Crippen molar-refractivity contribution in [2.45, 2.75) is 45.6 Å². The molecule has 2 aliphatic rings. The predicted molar refractivity (Wildman–Crippen MR) is 126 cm³/mol. The highest BCUT2D eigenvalue weighted by molar-refractivity contribution is 6.10. The summed E-state index contributed by atoms with van der Waals surface area (Å²) in [4.78, 5) is 44.0. The van der Waals surface area contributed by atoms with Gasteiger partial charge in [-0.25, -0.2) is 9.78 Å². The SMILES string of the molecule is COc1ccc(Oc2ncccc2NC(=O)CN2C(=O)NC3(CC(C)CC(C)(C)C3)C2=O)cc1. The number of ether oxygens (including phenoxy) is 2. The number of urea groups is 1. The van der Waals surface area contributed by atoms with E-state index in [0.717, 1.165) is 11.3 Å². The number of benzene rings is 1. The van der Waals surface area contributed by atoms with E-state index in [4.69, 9.17) is 9.47 Å². The minimum atomic E-state index is -0.949. The van der Waals surface area contributed by atoms with Crippen LogP contribution in [0.15, 0.2) is 42.6 Å². The van der Waals surface area contributed by atoms with Crippen molar-refractivity contribution in [2.24, 2.45) is 11.3 Å². The Kier molecular flexibility index (Phi) is 6.20. The molecule has 2 fully saturated rings. The standard InChI is InChI=1S/C25H30N4O5/c1-16-12-24(2,3)15-25(13-16)22(31)29(23(32)28-25)14-20(30)27-19-6-5-11-26-21(19)34-18-9-7-17(33-4)8-10-18/h5-11,16H,12-15H2,1-4H3,(H,27,30)(H,28,32). The van der Waals surface area contributed by atoms with Crippen molar-refractivity contribution in [1.82, 2.24) is 15.2 Å². The Labute approximate surface area is 198 Å². The molecule has 9 heteroatoms. The Morgan fingerprint density at radius 1 is 1.18 bits per heavy atom. The molecule has 4 amide bonds. The van der Waals surface area contributed by atoms with Crippen LogP contribution in [0.1, 0.15) is 40.0 Å². The average molecular weight is 467 g/mol. The summed E-state index contributed by atoms with van der Waals surface area (Å²) in [7, 11) is 1.57. The van der Waals surface area contributed by atoms with E-state index >= 15 is 0 Å². The van der Waals surface area contributed by atoms with Gasteiger partial charge >= 0.3 is 6.03 Å². The third-order valence-corrected chi connectivity index (χ3v) is 6.25. The quantitative estimate of drug-likeness (QED) is 0.624. The minimum Gasteiger partial charge on any atom is -0.497 e. The normalized spacial score (nSPS) is 23.5. The highest BCUT2D eigenvalue weighted by atomic mass is 16.5. The summed E-state index contributed by atoms with van der Waals surface area (Å²) in [5, 5.41) is 5.60. The number of hydrogen-bond acceptors (Lipinski definition) is 6. The van der Waals surface area contributed by atoms with Crippen LogP contribution in [-0.4, -0.2) is 46.9 Å². The summed E-state index contributed by atoms with van der Waals surface area (Å²) in [6.45, 7) is 5.90. The summed E-state index contributed by atoms with van der Waals surface area (Å²) in [5.41, 5.74) is -0.699. The number of nitrogens with one attached hydrogen (secondary N) is 2. The highest BCUT2D eigenvalue weighted by Crippen LogP contribution is 2.46. The van der Waals surface area contributed by atoms with Crippen LogP contribution >= 0.6 is 0 Å². The van der Waals surface area contributed by atoms with Gasteiger partial charge in [-0.05, 0) is 67.0 Å². The van der Waals surface area contributed by atoms with E-state index < -0.39 is 24.0 Å². The molecule has 4 rings (SSSR count). The van der Waals surface area contributed by atoms with E-state index in [-0.39, 0.29) is 23.1 Å². The predicted octanol–water partition coefficient (Wildman–Crippen LogP) is 3.96. The fraction of sp³-hybridized carbons (Fsp3) is 0.440. The zero-order chi connectivity index (χ0) is 24.5. The van der Waals surface area contributed by atoms with E-state index in [2.05, 4.69) is 36.4 Å². The second kappa shape index (κ2) is 8.96. The molecule has 0 bridgehead atoms. The molecule has 1 spiro atoms. The molecule has 1 saturated carbocycles. The number of nitrogens with zero attached hydrogens (tertiary/aromatic N) is 2.